The summed E-state index contributed by atoms with van der Waals surface area (Å²) < 4.78 is 66.6. The number of unbranched alkanes of at least 4 members (excludes halogenated alkanes) is 2. The monoisotopic (exact) mass is 664 g/mol. The van der Waals surface area contributed by atoms with Gasteiger partial charge in [-0.15, -0.1) is 0 Å². The Labute approximate surface area is 265 Å². The van der Waals surface area contributed by atoms with Crippen molar-refractivity contribution in [3.63, 3.8) is 0 Å². The van der Waals surface area contributed by atoms with E-state index in [4.69, 9.17) is 24.4 Å². The topological polar surface area (TPSA) is 48.1 Å². The summed E-state index contributed by atoms with van der Waals surface area (Å²) in [6, 6.07) is 4.82. The van der Waals surface area contributed by atoms with Crippen LogP contribution < -0.4 is 29.0 Å². The summed E-state index contributed by atoms with van der Waals surface area (Å²) in [7, 11) is 0. The van der Waals surface area contributed by atoms with Crippen molar-refractivity contribution in [3.8, 4) is 0 Å². The Hall–Kier alpha value is -2.79. The number of hydrogen-bond acceptors (Lipinski definition) is 2. The third kappa shape index (κ3) is 7.14. The average molecular weight is 665 g/mol. The van der Waals surface area contributed by atoms with Crippen LogP contribution in [-0.4, -0.2) is 23.3 Å². The molecule has 0 radical (unpaired) electrons. The van der Waals surface area contributed by atoms with Crippen LogP contribution in [0.5, 0.6) is 0 Å². The minimum atomic E-state index is -4.98. The molecule has 0 saturated carbocycles. The maximum atomic E-state index is 16.8. The van der Waals surface area contributed by atoms with E-state index in [1.54, 1.807) is 24.3 Å². The SMILES string of the molecule is CCCCNC(=S)Nc1ccc(F)[c]([Ti]([C]2=CC=CC2)([C]2=CC=CC2)[c]2c(F)ccc(NC(=S)NCCCC)c2F)c1F. The van der Waals surface area contributed by atoms with E-state index in [2.05, 4.69) is 21.3 Å². The van der Waals surface area contributed by atoms with Crippen LogP contribution in [0, 0.1) is 23.3 Å². The van der Waals surface area contributed by atoms with Crippen molar-refractivity contribution in [2.24, 2.45) is 0 Å². The predicted molar refractivity (Wildman–Crippen MR) is 174 cm³/mol. The molecule has 0 unspecified atom stereocenters. The number of rotatable bonds is 12. The molecule has 4 N–H and O–H groups in total. The molecule has 0 aliphatic heterocycles. The summed E-state index contributed by atoms with van der Waals surface area (Å²) in [5.41, 5.74) is -0.121. The minimum absolute atomic E-state index is 0.0603. The van der Waals surface area contributed by atoms with Gasteiger partial charge in [-0.2, -0.15) is 0 Å². The molecule has 0 amide bonds. The fourth-order valence-corrected chi connectivity index (χ4v) is 14.2. The van der Waals surface area contributed by atoms with Gasteiger partial charge in [-0.1, -0.05) is 0 Å². The van der Waals surface area contributed by atoms with Crippen LogP contribution in [0.15, 0.2) is 68.5 Å². The van der Waals surface area contributed by atoms with Crippen molar-refractivity contribution < 1.29 is 34.2 Å². The van der Waals surface area contributed by atoms with Gasteiger partial charge in [0.15, 0.2) is 0 Å². The molecule has 0 atom stereocenters. The zero-order valence-corrected chi connectivity index (χ0v) is 27.5. The normalized spacial score (nSPS) is 14.0. The molecule has 2 aliphatic carbocycles. The van der Waals surface area contributed by atoms with E-state index >= 15 is 17.6 Å². The van der Waals surface area contributed by atoms with Crippen LogP contribution in [0.4, 0.5) is 28.9 Å². The maximum absolute atomic E-state index is 16.8. The van der Waals surface area contributed by atoms with Crippen molar-refractivity contribution >= 4 is 53.8 Å². The molecule has 0 heterocycles. The number of benzene rings is 2. The summed E-state index contributed by atoms with van der Waals surface area (Å²) in [6.07, 6.45) is 15.0. The van der Waals surface area contributed by atoms with E-state index in [0.29, 0.717) is 33.7 Å². The fraction of sp³-hybridized carbons (Fsp3) is 0.312. The number of hydrogen-bond donors (Lipinski definition) is 4. The Morgan fingerprint density at radius 1 is 0.698 bits per heavy atom. The Bertz CT molecular complexity index is 1390. The standard InChI is InChI=1S/2C11H13F2N2S.2C5H5.Ti/c2*1-2-3-6-14-11(16)15-10-5-4-8(12)7-9(10)13;2*1-2-4-5-3-1;/h2*4-5H,2-3,6H2,1H3,(H2,14,15,16);2*1-3H,4H2;. The van der Waals surface area contributed by atoms with Gasteiger partial charge >= 0.3 is 266 Å². The van der Waals surface area contributed by atoms with Crippen LogP contribution in [0.2, 0.25) is 0 Å². The molecule has 4 rings (SSSR count). The van der Waals surface area contributed by atoms with Crippen LogP contribution in [-0.2, 0) is 16.6 Å². The molecule has 2 aliphatic rings. The van der Waals surface area contributed by atoms with Crippen molar-refractivity contribution in [2.75, 3.05) is 23.7 Å². The Morgan fingerprint density at radius 2 is 1.12 bits per heavy atom. The summed E-state index contributed by atoms with van der Waals surface area (Å²) in [5.74, 6) is -3.53. The summed E-state index contributed by atoms with van der Waals surface area (Å²) in [4.78, 5) is 0. The second-order valence-corrected chi connectivity index (χ2v) is 17.2. The van der Waals surface area contributed by atoms with Crippen molar-refractivity contribution in [1.29, 1.82) is 0 Å². The molecule has 228 valence electrons. The summed E-state index contributed by atoms with van der Waals surface area (Å²) in [5, 5.41) is 12.1. The predicted octanol–water partition coefficient (Wildman–Crippen LogP) is 7.21. The van der Waals surface area contributed by atoms with Crippen LogP contribution in [0.1, 0.15) is 52.4 Å². The molecular weight excluding hydrogens is 628 g/mol. The Balaban J connectivity index is 1.94. The third-order valence-electron chi connectivity index (χ3n) is 7.57. The first-order valence-corrected chi connectivity index (χ1v) is 18.5. The van der Waals surface area contributed by atoms with Crippen molar-refractivity contribution in [2.45, 2.75) is 52.4 Å². The van der Waals surface area contributed by atoms with Gasteiger partial charge in [0, 0.05) is 0 Å². The number of anilines is 2. The zero-order valence-electron chi connectivity index (χ0n) is 24.3. The van der Waals surface area contributed by atoms with E-state index in [-0.39, 0.29) is 29.3 Å². The molecule has 0 saturated heterocycles. The number of thiocarbonyl (C=S) groups is 2. The third-order valence-corrected chi connectivity index (χ3v) is 16.0. The van der Waals surface area contributed by atoms with Gasteiger partial charge in [-0.05, 0) is 0 Å². The van der Waals surface area contributed by atoms with E-state index in [1.165, 1.54) is 12.1 Å². The molecule has 2 aromatic carbocycles. The molecular formula is C32H36F4N4S2Ti. The van der Waals surface area contributed by atoms with Crippen molar-refractivity contribution in [3.05, 3.63) is 91.7 Å². The molecule has 11 heteroatoms. The van der Waals surface area contributed by atoms with Gasteiger partial charge in [-0.3, -0.25) is 0 Å². The number of halogens is 4. The summed E-state index contributed by atoms with van der Waals surface area (Å²) in [6.45, 7) is 5.24. The van der Waals surface area contributed by atoms with Gasteiger partial charge in [0.1, 0.15) is 0 Å². The van der Waals surface area contributed by atoms with Crippen LogP contribution in [0.25, 0.3) is 0 Å². The number of allylic oxidation sites excluding steroid dienone is 8. The average Bonchev–Trinajstić information content (AvgIpc) is 3.71. The molecule has 0 fully saturated rings. The Kier molecular flexibility index (Phi) is 11.8. The number of nitrogens with one attached hydrogen (secondary N) is 4. The van der Waals surface area contributed by atoms with E-state index in [1.807, 2.05) is 26.0 Å². The first-order valence-electron chi connectivity index (χ1n) is 14.5. The fourth-order valence-electron chi connectivity index (χ4n) is 5.50. The zero-order chi connectivity index (χ0) is 31.0. The summed E-state index contributed by atoms with van der Waals surface area (Å²) >= 11 is 5.75. The molecule has 4 nitrogen and oxygen atoms in total. The van der Waals surface area contributed by atoms with E-state index in [0.717, 1.165) is 37.8 Å². The van der Waals surface area contributed by atoms with Gasteiger partial charge < -0.3 is 0 Å². The molecule has 2 aromatic rings. The quantitative estimate of drug-likeness (QED) is 0.0834. The molecule has 0 bridgehead atoms. The second-order valence-electron chi connectivity index (χ2n) is 10.4. The van der Waals surface area contributed by atoms with E-state index < -0.39 is 39.9 Å². The first kappa shape index (κ1) is 33.1. The molecule has 0 aromatic heterocycles. The van der Waals surface area contributed by atoms with Gasteiger partial charge in [0.25, 0.3) is 0 Å². The van der Waals surface area contributed by atoms with Gasteiger partial charge in [0.05, 0.1) is 0 Å². The van der Waals surface area contributed by atoms with Crippen LogP contribution in [0.3, 0.4) is 0 Å². The van der Waals surface area contributed by atoms with Gasteiger partial charge in [-0.25, -0.2) is 0 Å². The molecule has 0 spiro atoms. The van der Waals surface area contributed by atoms with Crippen molar-refractivity contribution in [1.82, 2.24) is 10.6 Å². The molecule has 43 heavy (non-hydrogen) atoms. The first-order chi connectivity index (χ1) is 20.7. The second kappa shape index (κ2) is 15.3. The van der Waals surface area contributed by atoms with E-state index in [9.17, 15) is 0 Å². The van der Waals surface area contributed by atoms with Gasteiger partial charge in [0.2, 0.25) is 0 Å². The Morgan fingerprint density at radius 3 is 1.47 bits per heavy atom. The van der Waals surface area contributed by atoms with Crippen LogP contribution >= 0.6 is 24.4 Å².